The minimum Gasteiger partial charge on any atom is -0.324 e. The van der Waals surface area contributed by atoms with Crippen LogP contribution in [0.1, 0.15) is 12.8 Å². The summed E-state index contributed by atoms with van der Waals surface area (Å²) in [5.41, 5.74) is 0.403. The molecule has 1 aliphatic carbocycles. The zero-order chi connectivity index (χ0) is 10.7. The van der Waals surface area contributed by atoms with Crippen molar-refractivity contribution in [3.8, 4) is 0 Å². The molecule has 0 unspecified atom stereocenters. The molecule has 1 aliphatic heterocycles. The van der Waals surface area contributed by atoms with Gasteiger partial charge in [0.1, 0.15) is 0 Å². The van der Waals surface area contributed by atoms with Crippen LogP contribution < -0.4 is 5.32 Å². The Balaban J connectivity index is 2.33. The van der Waals surface area contributed by atoms with Crippen molar-refractivity contribution in [1.29, 1.82) is 0 Å². The molecule has 3 rings (SSSR count). The number of carbonyl (C=O) groups excluding carboxylic acids is 1. The predicted octanol–water partition coefficient (Wildman–Crippen LogP) is 0.945. The van der Waals surface area contributed by atoms with Gasteiger partial charge >= 0.3 is 0 Å². The van der Waals surface area contributed by atoms with Gasteiger partial charge in [0.2, 0.25) is 5.91 Å². The topological polar surface area (TPSA) is 63.2 Å². The lowest BCUT2D eigenvalue weighted by atomic mass is 10.3. The lowest BCUT2D eigenvalue weighted by Crippen LogP contribution is -2.41. The van der Waals surface area contributed by atoms with Crippen LogP contribution in [0.3, 0.4) is 0 Å². The highest BCUT2D eigenvalue weighted by Crippen LogP contribution is 2.51. The van der Waals surface area contributed by atoms with Gasteiger partial charge in [-0.05, 0) is 25.0 Å². The van der Waals surface area contributed by atoms with Crippen LogP contribution in [0.15, 0.2) is 29.2 Å². The van der Waals surface area contributed by atoms with Gasteiger partial charge in [-0.1, -0.05) is 12.1 Å². The Hall–Kier alpha value is -1.36. The molecule has 0 atom stereocenters. The van der Waals surface area contributed by atoms with Gasteiger partial charge in [0.15, 0.2) is 14.6 Å². The minimum absolute atomic E-state index is 0.252. The average Bonchev–Trinajstić information content (AvgIpc) is 2.97. The number of para-hydroxylation sites is 1. The molecule has 1 saturated carbocycles. The maximum Gasteiger partial charge on any atom is 0.246 e. The molecule has 4 nitrogen and oxygen atoms in total. The third kappa shape index (κ3) is 0.911. The number of hydrogen-bond donors (Lipinski definition) is 1. The number of anilines is 1. The van der Waals surface area contributed by atoms with E-state index in [0.717, 1.165) is 0 Å². The van der Waals surface area contributed by atoms with E-state index in [0.29, 0.717) is 18.5 Å². The summed E-state index contributed by atoms with van der Waals surface area (Å²) < 4.78 is 23.1. The summed E-state index contributed by atoms with van der Waals surface area (Å²) in [4.78, 5) is 11.9. The van der Waals surface area contributed by atoms with Crippen molar-refractivity contribution in [3.63, 3.8) is 0 Å². The van der Waals surface area contributed by atoms with Crippen molar-refractivity contribution in [3.05, 3.63) is 24.3 Å². The number of amides is 1. The number of fused-ring (bicyclic) bond motifs is 1. The summed E-state index contributed by atoms with van der Waals surface area (Å²) in [6.07, 6.45) is 0.880. The fourth-order valence-corrected chi connectivity index (χ4v) is 4.00. The first kappa shape index (κ1) is 8.91. The van der Waals surface area contributed by atoms with Crippen LogP contribution in [-0.4, -0.2) is 19.1 Å². The van der Waals surface area contributed by atoms with Gasteiger partial charge in [0.05, 0.1) is 10.6 Å². The molecule has 1 amide bonds. The second-order valence-electron chi connectivity index (χ2n) is 3.95. The molecule has 0 radical (unpaired) electrons. The highest BCUT2D eigenvalue weighted by molar-refractivity contribution is 7.94. The van der Waals surface area contributed by atoms with Crippen LogP contribution in [0.2, 0.25) is 0 Å². The van der Waals surface area contributed by atoms with E-state index in [2.05, 4.69) is 5.32 Å². The van der Waals surface area contributed by atoms with E-state index in [1.54, 1.807) is 24.3 Å². The zero-order valence-electron chi connectivity index (χ0n) is 7.86. The van der Waals surface area contributed by atoms with Crippen molar-refractivity contribution < 1.29 is 13.2 Å². The molecule has 1 fully saturated rings. The predicted molar refractivity (Wildman–Crippen MR) is 54.2 cm³/mol. The van der Waals surface area contributed by atoms with Crippen molar-refractivity contribution in [2.75, 3.05) is 5.32 Å². The smallest absolute Gasteiger partial charge is 0.246 e. The molecule has 2 aliphatic rings. The van der Waals surface area contributed by atoms with E-state index in [1.807, 2.05) is 0 Å². The first-order chi connectivity index (χ1) is 7.08. The summed E-state index contributed by atoms with van der Waals surface area (Å²) in [5, 5.41) is 2.65. The normalized spacial score (nSPS) is 24.4. The Labute approximate surface area is 87.2 Å². The summed E-state index contributed by atoms with van der Waals surface area (Å²) in [6, 6.07) is 6.54. The van der Waals surface area contributed by atoms with Crippen LogP contribution >= 0.6 is 0 Å². The maximum absolute atomic E-state index is 12.1. The lowest BCUT2D eigenvalue weighted by Gasteiger charge is -2.24. The fourth-order valence-electron chi connectivity index (χ4n) is 1.98. The summed E-state index contributed by atoms with van der Waals surface area (Å²) >= 11 is 0. The lowest BCUT2D eigenvalue weighted by molar-refractivity contribution is -0.116. The van der Waals surface area contributed by atoms with Gasteiger partial charge in [-0.15, -0.1) is 0 Å². The van der Waals surface area contributed by atoms with Crippen LogP contribution in [0.4, 0.5) is 5.69 Å². The van der Waals surface area contributed by atoms with Crippen molar-refractivity contribution >= 4 is 21.4 Å². The molecule has 0 bridgehead atoms. The van der Waals surface area contributed by atoms with Gasteiger partial charge in [0, 0.05) is 0 Å². The molecule has 5 heteroatoms. The zero-order valence-corrected chi connectivity index (χ0v) is 8.67. The monoisotopic (exact) mass is 223 g/mol. The van der Waals surface area contributed by atoms with Gasteiger partial charge in [-0.3, -0.25) is 4.79 Å². The molecule has 1 N–H and O–H groups in total. The van der Waals surface area contributed by atoms with Gasteiger partial charge in [0.25, 0.3) is 0 Å². The van der Waals surface area contributed by atoms with E-state index in [4.69, 9.17) is 0 Å². The third-order valence-corrected chi connectivity index (χ3v) is 5.61. The quantitative estimate of drug-likeness (QED) is 0.712. The van der Waals surface area contributed by atoms with Crippen LogP contribution in [0, 0.1) is 0 Å². The largest absolute Gasteiger partial charge is 0.324 e. The number of carbonyl (C=O) groups is 1. The van der Waals surface area contributed by atoms with E-state index in [9.17, 15) is 13.2 Å². The molecule has 15 heavy (non-hydrogen) atoms. The SMILES string of the molecule is O=C1Nc2ccccc2S(=O)(=O)C12CC2. The first-order valence-corrected chi connectivity index (χ1v) is 6.21. The minimum atomic E-state index is -3.47. The molecule has 1 aromatic rings. The number of nitrogens with one attached hydrogen (secondary N) is 1. The van der Waals surface area contributed by atoms with Crippen molar-refractivity contribution in [2.45, 2.75) is 22.5 Å². The molecule has 0 aromatic heterocycles. The van der Waals surface area contributed by atoms with E-state index < -0.39 is 14.6 Å². The second kappa shape index (κ2) is 2.41. The summed E-state index contributed by atoms with van der Waals surface area (Å²) in [5.74, 6) is -0.374. The van der Waals surface area contributed by atoms with Gasteiger partial charge in [-0.2, -0.15) is 0 Å². The van der Waals surface area contributed by atoms with Crippen LogP contribution in [-0.2, 0) is 14.6 Å². The Morgan fingerprint density at radius 3 is 2.53 bits per heavy atom. The molecule has 1 heterocycles. The average molecular weight is 223 g/mol. The molecule has 1 spiro atoms. The highest BCUT2D eigenvalue weighted by Gasteiger charge is 2.63. The molecule has 78 valence electrons. The van der Waals surface area contributed by atoms with Crippen LogP contribution in [0.5, 0.6) is 0 Å². The highest BCUT2D eigenvalue weighted by atomic mass is 32.2. The fraction of sp³-hybridized carbons (Fsp3) is 0.300. The molecule has 1 aromatic carbocycles. The third-order valence-electron chi connectivity index (χ3n) is 3.06. The summed E-state index contributed by atoms with van der Waals surface area (Å²) in [7, 11) is -3.47. The summed E-state index contributed by atoms with van der Waals surface area (Å²) in [6.45, 7) is 0. The van der Waals surface area contributed by atoms with Gasteiger partial charge in [-0.25, -0.2) is 8.42 Å². The van der Waals surface area contributed by atoms with E-state index in [1.165, 1.54) is 0 Å². The molecular formula is C10H9NO3S. The second-order valence-corrected chi connectivity index (χ2v) is 6.18. The Morgan fingerprint density at radius 1 is 1.20 bits per heavy atom. The number of hydrogen-bond acceptors (Lipinski definition) is 3. The number of sulfone groups is 1. The molecular weight excluding hydrogens is 214 g/mol. The number of benzene rings is 1. The van der Waals surface area contributed by atoms with Crippen molar-refractivity contribution in [2.24, 2.45) is 0 Å². The standard InChI is InChI=1S/C10H9NO3S/c12-9-10(5-6-10)15(13,14)8-4-2-1-3-7(8)11-9/h1-4H,5-6H2,(H,11,12). The maximum atomic E-state index is 12.1. The van der Waals surface area contributed by atoms with Gasteiger partial charge < -0.3 is 5.32 Å². The Kier molecular flexibility index (Phi) is 1.43. The van der Waals surface area contributed by atoms with Crippen LogP contribution in [0.25, 0.3) is 0 Å². The molecule has 0 saturated heterocycles. The Bertz CT molecular complexity index is 558. The first-order valence-electron chi connectivity index (χ1n) is 4.73. The van der Waals surface area contributed by atoms with E-state index in [-0.39, 0.29) is 10.8 Å². The van der Waals surface area contributed by atoms with E-state index >= 15 is 0 Å². The Morgan fingerprint density at radius 2 is 1.87 bits per heavy atom. The van der Waals surface area contributed by atoms with Crippen molar-refractivity contribution in [1.82, 2.24) is 0 Å². The number of rotatable bonds is 0.